The molecule has 1 aliphatic heterocycles. The third-order valence-corrected chi connectivity index (χ3v) is 3.44. The van der Waals surface area contributed by atoms with Crippen molar-refractivity contribution in [3.8, 4) is 0 Å². The van der Waals surface area contributed by atoms with Gasteiger partial charge in [-0.25, -0.2) is 9.79 Å². The van der Waals surface area contributed by atoms with Gasteiger partial charge in [0.2, 0.25) is 5.90 Å². The van der Waals surface area contributed by atoms with Gasteiger partial charge in [-0.1, -0.05) is 41.9 Å². The molecule has 1 heterocycles. The van der Waals surface area contributed by atoms with Crippen molar-refractivity contribution >= 4 is 35.2 Å². The zero-order valence-corrected chi connectivity index (χ0v) is 12.4. The average molecular weight is 329 g/mol. The van der Waals surface area contributed by atoms with Crippen LogP contribution in [0, 0.1) is 10.1 Å². The smallest absolute Gasteiger partial charge is 0.363 e. The second-order valence-corrected chi connectivity index (χ2v) is 5.08. The summed E-state index contributed by atoms with van der Waals surface area (Å²) in [6.07, 6.45) is 1.57. The van der Waals surface area contributed by atoms with Gasteiger partial charge in [0, 0.05) is 12.1 Å². The van der Waals surface area contributed by atoms with E-state index in [2.05, 4.69) is 4.99 Å². The number of halogens is 1. The first-order chi connectivity index (χ1) is 11.0. The molecule has 1 aliphatic rings. The Morgan fingerprint density at radius 3 is 2.61 bits per heavy atom. The molecule has 2 aromatic rings. The van der Waals surface area contributed by atoms with Crippen molar-refractivity contribution in [3.05, 3.63) is 80.5 Å². The SMILES string of the molecule is O=C1OC(c2cc([N+](=O)[O-])ccc2Cl)=NC1=Cc1ccccc1. The van der Waals surface area contributed by atoms with Crippen molar-refractivity contribution in [1.29, 1.82) is 0 Å². The lowest BCUT2D eigenvalue weighted by Gasteiger charge is -2.02. The molecule has 0 bridgehead atoms. The molecule has 7 heteroatoms. The molecule has 0 N–H and O–H groups in total. The van der Waals surface area contributed by atoms with Gasteiger partial charge in [0.15, 0.2) is 5.70 Å². The molecule has 0 atom stereocenters. The number of hydrogen-bond donors (Lipinski definition) is 0. The summed E-state index contributed by atoms with van der Waals surface area (Å²) in [5.41, 5.74) is 0.928. The number of esters is 1. The van der Waals surface area contributed by atoms with Gasteiger partial charge >= 0.3 is 5.97 Å². The van der Waals surface area contributed by atoms with E-state index in [1.165, 1.54) is 18.2 Å². The maximum absolute atomic E-state index is 11.9. The molecule has 0 aromatic heterocycles. The fraction of sp³-hybridized carbons (Fsp3) is 0. The molecule has 0 spiro atoms. The maximum atomic E-state index is 11.9. The summed E-state index contributed by atoms with van der Waals surface area (Å²) in [6.45, 7) is 0. The van der Waals surface area contributed by atoms with Gasteiger partial charge in [0.25, 0.3) is 5.69 Å². The van der Waals surface area contributed by atoms with Crippen LogP contribution in [0.25, 0.3) is 6.08 Å². The summed E-state index contributed by atoms with van der Waals surface area (Å²) in [5, 5.41) is 11.1. The van der Waals surface area contributed by atoms with E-state index in [0.717, 1.165) is 5.56 Å². The molecule has 0 saturated heterocycles. The molecule has 3 rings (SSSR count). The van der Waals surface area contributed by atoms with Crippen molar-refractivity contribution in [3.63, 3.8) is 0 Å². The monoisotopic (exact) mass is 328 g/mol. The minimum absolute atomic E-state index is 0.0501. The van der Waals surface area contributed by atoms with Crippen LogP contribution in [0.5, 0.6) is 0 Å². The lowest BCUT2D eigenvalue weighted by molar-refractivity contribution is -0.384. The van der Waals surface area contributed by atoms with Crippen LogP contribution in [0.15, 0.2) is 59.2 Å². The van der Waals surface area contributed by atoms with Gasteiger partial charge in [-0.05, 0) is 17.7 Å². The number of carbonyl (C=O) groups is 1. The van der Waals surface area contributed by atoms with Crippen LogP contribution in [0.3, 0.4) is 0 Å². The van der Waals surface area contributed by atoms with Gasteiger partial charge < -0.3 is 4.74 Å². The van der Waals surface area contributed by atoms with Gasteiger partial charge in [-0.15, -0.1) is 0 Å². The minimum atomic E-state index is -0.633. The van der Waals surface area contributed by atoms with Crippen LogP contribution in [0.4, 0.5) is 5.69 Å². The highest BCUT2D eigenvalue weighted by atomic mass is 35.5. The van der Waals surface area contributed by atoms with E-state index in [9.17, 15) is 14.9 Å². The minimum Gasteiger partial charge on any atom is -0.402 e. The molecule has 6 nitrogen and oxygen atoms in total. The van der Waals surface area contributed by atoms with Crippen LogP contribution in [0.2, 0.25) is 5.02 Å². The molecule has 23 heavy (non-hydrogen) atoms. The van der Waals surface area contributed by atoms with Crippen molar-refractivity contribution in [2.45, 2.75) is 0 Å². The van der Waals surface area contributed by atoms with Crippen molar-refractivity contribution < 1.29 is 14.5 Å². The summed E-state index contributed by atoms with van der Waals surface area (Å²) >= 11 is 6.02. The number of cyclic esters (lactones) is 1. The number of nitro groups is 1. The summed E-state index contributed by atoms with van der Waals surface area (Å²) in [4.78, 5) is 26.3. The first-order valence-corrected chi connectivity index (χ1v) is 6.94. The number of aliphatic imine (C=N–C) groups is 1. The molecule has 0 radical (unpaired) electrons. The summed E-state index contributed by atoms with van der Waals surface area (Å²) < 4.78 is 5.08. The first kappa shape index (κ1) is 14.9. The van der Waals surface area contributed by atoms with E-state index < -0.39 is 10.9 Å². The Labute approximate surface area is 135 Å². The number of hydrogen-bond acceptors (Lipinski definition) is 5. The van der Waals surface area contributed by atoms with Crippen molar-refractivity contribution in [2.24, 2.45) is 4.99 Å². The Bertz CT molecular complexity index is 860. The molecular weight excluding hydrogens is 320 g/mol. The summed E-state index contributed by atoms with van der Waals surface area (Å²) in [5.74, 6) is -0.683. The second kappa shape index (κ2) is 6.02. The highest BCUT2D eigenvalue weighted by molar-refractivity contribution is 6.34. The number of ether oxygens (including phenoxy) is 1. The number of benzene rings is 2. The average Bonchev–Trinajstić information content (AvgIpc) is 2.89. The van der Waals surface area contributed by atoms with Gasteiger partial charge in [0.05, 0.1) is 15.5 Å². The Morgan fingerprint density at radius 1 is 1.17 bits per heavy atom. The van der Waals surface area contributed by atoms with Gasteiger partial charge in [0.1, 0.15) is 0 Å². The number of carbonyl (C=O) groups excluding carboxylic acids is 1. The van der Waals surface area contributed by atoms with Gasteiger partial charge in [-0.3, -0.25) is 10.1 Å². The maximum Gasteiger partial charge on any atom is 0.363 e. The Morgan fingerprint density at radius 2 is 1.91 bits per heavy atom. The van der Waals surface area contributed by atoms with E-state index in [0.29, 0.717) is 0 Å². The topological polar surface area (TPSA) is 81.8 Å². The standard InChI is InChI=1S/C16H9ClN2O4/c17-13-7-6-11(19(21)22)9-12(13)15-18-14(16(20)23-15)8-10-4-2-1-3-5-10/h1-9H. The molecule has 0 amide bonds. The largest absolute Gasteiger partial charge is 0.402 e. The Balaban J connectivity index is 2.00. The van der Waals surface area contributed by atoms with Crippen LogP contribution in [-0.4, -0.2) is 16.8 Å². The highest BCUT2D eigenvalue weighted by Gasteiger charge is 2.26. The highest BCUT2D eigenvalue weighted by Crippen LogP contribution is 2.27. The second-order valence-electron chi connectivity index (χ2n) is 4.67. The Hall–Kier alpha value is -2.99. The van der Waals surface area contributed by atoms with Crippen LogP contribution in [0.1, 0.15) is 11.1 Å². The number of non-ortho nitro benzene ring substituents is 1. The van der Waals surface area contributed by atoms with Crippen LogP contribution < -0.4 is 0 Å². The fourth-order valence-corrected chi connectivity index (χ4v) is 2.22. The number of nitrogens with zero attached hydrogens (tertiary/aromatic N) is 2. The third-order valence-electron chi connectivity index (χ3n) is 3.11. The van der Waals surface area contributed by atoms with E-state index >= 15 is 0 Å². The normalized spacial score (nSPS) is 15.4. The van der Waals surface area contributed by atoms with E-state index in [4.69, 9.17) is 16.3 Å². The van der Waals surface area contributed by atoms with E-state index in [-0.39, 0.29) is 27.9 Å². The summed E-state index contributed by atoms with van der Waals surface area (Å²) in [6, 6.07) is 13.0. The predicted molar refractivity (Wildman–Crippen MR) is 85.2 cm³/mol. The Kier molecular flexibility index (Phi) is 3.91. The van der Waals surface area contributed by atoms with Gasteiger partial charge in [-0.2, -0.15) is 0 Å². The quantitative estimate of drug-likeness (QED) is 0.373. The molecule has 0 aliphatic carbocycles. The molecule has 114 valence electrons. The predicted octanol–water partition coefficient (Wildman–Crippen LogP) is 3.59. The molecule has 0 saturated carbocycles. The van der Waals surface area contributed by atoms with E-state index in [1.54, 1.807) is 6.08 Å². The molecule has 2 aromatic carbocycles. The fourth-order valence-electron chi connectivity index (χ4n) is 2.02. The van der Waals surface area contributed by atoms with Crippen LogP contribution in [-0.2, 0) is 9.53 Å². The third kappa shape index (κ3) is 3.12. The summed E-state index contributed by atoms with van der Waals surface area (Å²) in [7, 11) is 0. The lowest BCUT2D eigenvalue weighted by atomic mass is 10.2. The van der Waals surface area contributed by atoms with E-state index in [1.807, 2.05) is 30.3 Å². The molecule has 0 unspecified atom stereocenters. The zero-order valence-electron chi connectivity index (χ0n) is 11.6. The zero-order chi connectivity index (χ0) is 16.4. The molecule has 0 fully saturated rings. The molecular formula is C16H9ClN2O4. The van der Waals surface area contributed by atoms with Crippen molar-refractivity contribution in [1.82, 2.24) is 0 Å². The van der Waals surface area contributed by atoms with Crippen molar-refractivity contribution in [2.75, 3.05) is 0 Å². The number of nitro benzene ring substituents is 1. The lowest BCUT2D eigenvalue weighted by Crippen LogP contribution is -2.06. The first-order valence-electron chi connectivity index (χ1n) is 6.56. The number of rotatable bonds is 3. The van der Waals surface area contributed by atoms with Crippen LogP contribution >= 0.6 is 11.6 Å².